The van der Waals surface area contributed by atoms with Gasteiger partial charge in [-0.2, -0.15) is 0 Å². The third-order valence-corrected chi connectivity index (χ3v) is 6.88. The first-order chi connectivity index (χ1) is 16.1. The highest BCUT2D eigenvalue weighted by Crippen LogP contribution is 2.44. The van der Waals surface area contributed by atoms with E-state index in [2.05, 4.69) is 0 Å². The molecule has 34 heavy (non-hydrogen) atoms. The van der Waals surface area contributed by atoms with E-state index >= 15 is 0 Å². The molecule has 1 fully saturated rings. The number of carbonyl (C=O) groups excluding carboxylic acids is 1. The number of rotatable bonds is 2. The molecular formula is C26H28N2O5S. The van der Waals surface area contributed by atoms with Crippen LogP contribution in [0.3, 0.4) is 0 Å². The molecule has 3 aliphatic heterocycles. The number of fused-ring (bicyclic) bond motifs is 2. The molecule has 5 rings (SSSR count). The number of aliphatic imine (C=N–C) groups is 1. The lowest BCUT2D eigenvalue weighted by Crippen LogP contribution is -2.50. The summed E-state index contributed by atoms with van der Waals surface area (Å²) >= 11 is 1.60. The Bertz CT molecular complexity index is 1200. The van der Waals surface area contributed by atoms with Gasteiger partial charge in [-0.15, -0.1) is 0 Å². The number of para-hydroxylation sites is 1. The molecule has 0 radical (unpaired) electrons. The van der Waals surface area contributed by atoms with Crippen molar-refractivity contribution in [2.75, 3.05) is 13.4 Å². The molecule has 0 bridgehead atoms. The van der Waals surface area contributed by atoms with Gasteiger partial charge in [-0.25, -0.2) is 9.79 Å². The van der Waals surface area contributed by atoms with Gasteiger partial charge in [0.15, 0.2) is 11.5 Å². The lowest BCUT2D eigenvalue weighted by molar-refractivity contribution is -0.0611. The second-order valence-corrected chi connectivity index (χ2v) is 10.9. The third kappa shape index (κ3) is 4.40. The lowest BCUT2D eigenvalue weighted by atomic mass is 10.1. The first kappa shape index (κ1) is 22.8. The van der Waals surface area contributed by atoms with Gasteiger partial charge >= 0.3 is 6.09 Å². The molecule has 0 spiro atoms. The Labute approximate surface area is 203 Å². The number of carbonyl (C=O) groups is 1. The van der Waals surface area contributed by atoms with Crippen LogP contribution in [0.2, 0.25) is 0 Å². The summed E-state index contributed by atoms with van der Waals surface area (Å²) in [5, 5.41) is 0. The van der Waals surface area contributed by atoms with Crippen LogP contribution in [0.25, 0.3) is 0 Å². The molecule has 0 N–H and O–H groups in total. The first-order valence-electron chi connectivity index (χ1n) is 11.2. The van der Waals surface area contributed by atoms with Crippen molar-refractivity contribution in [3.8, 4) is 11.5 Å². The molecule has 2 aromatic carbocycles. The van der Waals surface area contributed by atoms with Crippen LogP contribution in [0, 0.1) is 0 Å². The summed E-state index contributed by atoms with van der Waals surface area (Å²) in [7, 11) is 0. The number of hydrogen-bond acceptors (Lipinski definition) is 7. The first-order valence-corrected chi connectivity index (χ1v) is 12.1. The molecule has 0 unspecified atom stereocenters. The SMILES string of the molecule is CC(C)(C)OC(=O)N1[C@H](C2=CC(c3ccc4c(c3)OCO4)=Nc3ccccc3S2)COC1(C)C. The van der Waals surface area contributed by atoms with Crippen LogP contribution < -0.4 is 9.47 Å². The molecular weight excluding hydrogens is 452 g/mol. The minimum absolute atomic E-state index is 0.213. The zero-order chi connectivity index (χ0) is 24.1. The van der Waals surface area contributed by atoms with Gasteiger partial charge < -0.3 is 18.9 Å². The molecule has 7 nitrogen and oxygen atoms in total. The predicted octanol–water partition coefficient (Wildman–Crippen LogP) is 5.90. The molecule has 0 aromatic heterocycles. The highest BCUT2D eigenvalue weighted by Gasteiger charge is 2.47. The molecule has 0 saturated carbocycles. The van der Waals surface area contributed by atoms with Crippen LogP contribution in [0.15, 0.2) is 63.3 Å². The Morgan fingerprint density at radius 2 is 1.91 bits per heavy atom. The number of nitrogens with zero attached hydrogens (tertiary/aromatic N) is 2. The van der Waals surface area contributed by atoms with Gasteiger partial charge in [0.25, 0.3) is 0 Å². The van der Waals surface area contributed by atoms with Crippen molar-refractivity contribution in [1.82, 2.24) is 4.90 Å². The Morgan fingerprint density at radius 1 is 1.15 bits per heavy atom. The number of benzene rings is 2. The fourth-order valence-electron chi connectivity index (χ4n) is 4.13. The standard InChI is InChI=1S/C26H28N2O5S/c1-25(2,3)33-24(29)28-19(14-32-26(28,4)5)23-13-18(27-17-8-6-7-9-22(17)34-23)16-10-11-20-21(12-16)31-15-30-20/h6-13,19H,14-15H2,1-5H3/t19-/m0/s1. The second-order valence-electron chi connectivity index (χ2n) is 9.81. The molecule has 3 heterocycles. The Hall–Kier alpha value is -2.97. The average Bonchev–Trinajstić information content (AvgIpc) is 3.29. The number of ether oxygens (including phenoxy) is 4. The Balaban J connectivity index is 1.57. The highest BCUT2D eigenvalue weighted by molar-refractivity contribution is 8.03. The number of allylic oxidation sites excluding steroid dienone is 1. The van der Waals surface area contributed by atoms with Gasteiger partial charge in [-0.1, -0.05) is 23.9 Å². The van der Waals surface area contributed by atoms with Crippen LogP contribution in [0.4, 0.5) is 10.5 Å². The predicted molar refractivity (Wildman–Crippen MR) is 131 cm³/mol. The van der Waals surface area contributed by atoms with E-state index in [0.29, 0.717) is 12.4 Å². The van der Waals surface area contributed by atoms with E-state index in [1.165, 1.54) is 0 Å². The van der Waals surface area contributed by atoms with Crippen molar-refractivity contribution in [1.29, 1.82) is 0 Å². The van der Waals surface area contributed by atoms with Crippen molar-refractivity contribution in [2.24, 2.45) is 4.99 Å². The molecule has 1 amide bonds. The molecule has 8 heteroatoms. The maximum Gasteiger partial charge on any atom is 0.413 e. The summed E-state index contributed by atoms with van der Waals surface area (Å²) < 4.78 is 22.9. The minimum Gasteiger partial charge on any atom is -0.454 e. The van der Waals surface area contributed by atoms with Crippen molar-refractivity contribution < 1.29 is 23.7 Å². The summed E-state index contributed by atoms with van der Waals surface area (Å²) in [6.45, 7) is 9.95. The molecule has 178 valence electrons. The van der Waals surface area contributed by atoms with Crippen molar-refractivity contribution in [2.45, 2.75) is 56.9 Å². The molecule has 3 aliphatic rings. The van der Waals surface area contributed by atoms with Gasteiger partial charge in [0.2, 0.25) is 6.79 Å². The maximum atomic E-state index is 13.3. The summed E-state index contributed by atoms with van der Waals surface area (Å²) in [6.07, 6.45) is 1.63. The van der Waals surface area contributed by atoms with Gasteiger partial charge in [0.05, 0.1) is 24.0 Å². The van der Waals surface area contributed by atoms with Crippen LogP contribution in [-0.2, 0) is 9.47 Å². The largest absolute Gasteiger partial charge is 0.454 e. The zero-order valence-corrected chi connectivity index (χ0v) is 20.8. The van der Waals surface area contributed by atoms with E-state index < -0.39 is 17.4 Å². The monoisotopic (exact) mass is 480 g/mol. The Kier molecular flexibility index (Phi) is 5.61. The summed E-state index contributed by atoms with van der Waals surface area (Å²) in [4.78, 5) is 21.9. The average molecular weight is 481 g/mol. The van der Waals surface area contributed by atoms with Gasteiger partial charge in [0.1, 0.15) is 11.3 Å². The van der Waals surface area contributed by atoms with Gasteiger partial charge in [-0.05, 0) is 71.0 Å². The molecule has 2 aromatic rings. The van der Waals surface area contributed by atoms with E-state index in [9.17, 15) is 4.79 Å². The summed E-state index contributed by atoms with van der Waals surface area (Å²) in [5.74, 6) is 1.42. The molecule has 1 atom stereocenters. The normalized spacial score (nSPS) is 20.9. The van der Waals surface area contributed by atoms with Crippen molar-refractivity contribution in [3.63, 3.8) is 0 Å². The topological polar surface area (TPSA) is 69.6 Å². The van der Waals surface area contributed by atoms with E-state index in [-0.39, 0.29) is 12.8 Å². The van der Waals surface area contributed by atoms with E-state index in [1.807, 2.05) is 83.2 Å². The second kappa shape index (κ2) is 8.36. The van der Waals surface area contributed by atoms with E-state index in [0.717, 1.165) is 32.5 Å². The van der Waals surface area contributed by atoms with Crippen molar-refractivity contribution >= 4 is 29.3 Å². The summed E-state index contributed by atoms with van der Waals surface area (Å²) in [5.41, 5.74) is 1.13. The number of hydrogen-bond donors (Lipinski definition) is 0. The lowest BCUT2D eigenvalue weighted by Gasteiger charge is -2.35. The van der Waals surface area contributed by atoms with Crippen LogP contribution in [0.5, 0.6) is 11.5 Å². The van der Waals surface area contributed by atoms with Crippen LogP contribution >= 0.6 is 11.8 Å². The fraction of sp³-hybridized carbons (Fsp3) is 0.385. The van der Waals surface area contributed by atoms with Gasteiger partial charge in [-0.3, -0.25) is 4.90 Å². The smallest absolute Gasteiger partial charge is 0.413 e. The van der Waals surface area contributed by atoms with Crippen molar-refractivity contribution in [3.05, 3.63) is 59.0 Å². The third-order valence-electron chi connectivity index (χ3n) is 5.69. The fourth-order valence-corrected chi connectivity index (χ4v) is 5.23. The molecule has 0 aliphatic carbocycles. The zero-order valence-electron chi connectivity index (χ0n) is 20.0. The van der Waals surface area contributed by atoms with Gasteiger partial charge in [0, 0.05) is 15.4 Å². The quantitative estimate of drug-likeness (QED) is 0.533. The summed E-state index contributed by atoms with van der Waals surface area (Å²) in [6, 6.07) is 13.5. The van der Waals surface area contributed by atoms with Crippen LogP contribution in [0.1, 0.15) is 40.2 Å². The maximum absolute atomic E-state index is 13.3. The number of thioether (sulfide) groups is 1. The highest BCUT2D eigenvalue weighted by atomic mass is 32.2. The minimum atomic E-state index is -0.809. The molecule has 1 saturated heterocycles. The Morgan fingerprint density at radius 3 is 2.71 bits per heavy atom. The van der Waals surface area contributed by atoms with Crippen LogP contribution in [-0.4, -0.2) is 47.5 Å². The van der Waals surface area contributed by atoms with E-state index in [1.54, 1.807) is 16.7 Å². The number of amides is 1. The van der Waals surface area contributed by atoms with E-state index in [4.69, 9.17) is 23.9 Å².